The maximum atomic E-state index is 12.8. The highest BCUT2D eigenvalue weighted by molar-refractivity contribution is 6.33. The van der Waals surface area contributed by atoms with E-state index in [4.69, 9.17) is 11.6 Å². The van der Waals surface area contributed by atoms with Crippen LogP contribution in [0.2, 0.25) is 5.02 Å². The average Bonchev–Trinajstić information content (AvgIpc) is 3.40. The summed E-state index contributed by atoms with van der Waals surface area (Å²) in [7, 11) is 0. The summed E-state index contributed by atoms with van der Waals surface area (Å²) in [6, 6.07) is 9.26. The van der Waals surface area contributed by atoms with Gasteiger partial charge in [-0.1, -0.05) is 36.2 Å². The first-order valence-corrected chi connectivity index (χ1v) is 11.3. The number of amides is 1. The largest absolute Gasteiger partial charge is 0.365 e. The second-order valence-electron chi connectivity index (χ2n) is 8.90. The number of hydrogen-bond acceptors (Lipinski definition) is 4. The summed E-state index contributed by atoms with van der Waals surface area (Å²) in [5.74, 6) is 2.54. The molecule has 0 spiro atoms. The summed E-state index contributed by atoms with van der Waals surface area (Å²) in [6.45, 7) is 2.66. The van der Waals surface area contributed by atoms with Crippen molar-refractivity contribution in [2.75, 3.05) is 31.1 Å². The molecule has 3 fully saturated rings. The van der Waals surface area contributed by atoms with E-state index in [0.717, 1.165) is 11.8 Å². The van der Waals surface area contributed by atoms with E-state index in [2.05, 4.69) is 10.00 Å². The summed E-state index contributed by atoms with van der Waals surface area (Å²) < 4.78 is 1.32. The van der Waals surface area contributed by atoms with Crippen molar-refractivity contribution in [3.05, 3.63) is 51.9 Å². The Kier molecular flexibility index (Phi) is 5.27. The van der Waals surface area contributed by atoms with Gasteiger partial charge in [-0.15, -0.1) is 0 Å². The fourth-order valence-corrected chi connectivity index (χ4v) is 5.82. The van der Waals surface area contributed by atoms with Crippen LogP contribution in [-0.4, -0.2) is 46.8 Å². The van der Waals surface area contributed by atoms with Gasteiger partial charge in [-0.25, -0.2) is 0 Å². The number of anilines is 1. The summed E-state index contributed by atoms with van der Waals surface area (Å²) in [5, 5.41) is 4.50. The summed E-state index contributed by atoms with van der Waals surface area (Å²) in [5.41, 5.74) is 1.01. The topological polar surface area (TPSA) is 58.4 Å². The number of benzene rings is 1. The molecular formula is C23H27ClN4O2. The minimum absolute atomic E-state index is 0.176. The molecule has 1 aromatic carbocycles. The summed E-state index contributed by atoms with van der Waals surface area (Å²) in [4.78, 5) is 29.6. The molecule has 2 aliphatic carbocycles. The Balaban J connectivity index is 1.23. The molecule has 1 saturated heterocycles. The van der Waals surface area contributed by atoms with Crippen LogP contribution in [0.15, 0.2) is 41.3 Å². The number of piperazine rings is 1. The first kappa shape index (κ1) is 19.6. The number of hydrogen-bond donors (Lipinski definition) is 0. The van der Waals surface area contributed by atoms with E-state index >= 15 is 0 Å². The van der Waals surface area contributed by atoms with Crippen LogP contribution in [0.25, 0.3) is 5.69 Å². The molecule has 2 bridgehead atoms. The Labute approximate surface area is 181 Å². The second-order valence-corrected chi connectivity index (χ2v) is 9.28. The molecule has 5 rings (SSSR count). The third-order valence-corrected chi connectivity index (χ3v) is 7.55. The second kappa shape index (κ2) is 8.06. The van der Waals surface area contributed by atoms with Gasteiger partial charge in [0.25, 0.3) is 5.56 Å². The third kappa shape index (κ3) is 3.62. The van der Waals surface area contributed by atoms with Gasteiger partial charge in [0.15, 0.2) is 0 Å². The summed E-state index contributed by atoms with van der Waals surface area (Å²) in [6.07, 6.45) is 7.63. The van der Waals surface area contributed by atoms with Crippen molar-refractivity contribution in [3.8, 4) is 5.69 Å². The summed E-state index contributed by atoms with van der Waals surface area (Å²) >= 11 is 6.43. The predicted molar refractivity (Wildman–Crippen MR) is 117 cm³/mol. The lowest BCUT2D eigenvalue weighted by Crippen LogP contribution is -2.49. The maximum Gasteiger partial charge on any atom is 0.292 e. The van der Waals surface area contributed by atoms with Gasteiger partial charge in [0.1, 0.15) is 5.02 Å². The molecule has 3 atom stereocenters. The minimum Gasteiger partial charge on any atom is -0.365 e. The molecule has 158 valence electrons. The number of rotatable bonds is 4. The number of carbonyl (C=O) groups is 1. The molecule has 1 aliphatic heterocycles. The molecule has 0 N–H and O–H groups in total. The minimum atomic E-state index is -0.324. The van der Waals surface area contributed by atoms with Gasteiger partial charge < -0.3 is 9.80 Å². The van der Waals surface area contributed by atoms with E-state index in [-0.39, 0.29) is 16.5 Å². The van der Waals surface area contributed by atoms with E-state index in [1.165, 1.54) is 30.4 Å². The van der Waals surface area contributed by atoms with Crippen LogP contribution in [0.4, 0.5) is 5.69 Å². The van der Waals surface area contributed by atoms with Crippen molar-refractivity contribution in [1.29, 1.82) is 0 Å². The molecule has 7 heteroatoms. The predicted octanol–water partition coefficient (Wildman–Crippen LogP) is 3.36. The van der Waals surface area contributed by atoms with Crippen molar-refractivity contribution in [1.82, 2.24) is 14.7 Å². The number of para-hydroxylation sites is 1. The zero-order valence-electron chi connectivity index (χ0n) is 17.0. The lowest BCUT2D eigenvalue weighted by molar-refractivity contribution is -0.132. The maximum absolute atomic E-state index is 12.8. The van der Waals surface area contributed by atoms with Crippen LogP contribution in [0.3, 0.4) is 0 Å². The first-order chi connectivity index (χ1) is 14.6. The highest BCUT2D eigenvalue weighted by Gasteiger charge is 2.40. The van der Waals surface area contributed by atoms with E-state index in [1.54, 1.807) is 6.20 Å². The van der Waals surface area contributed by atoms with E-state index in [9.17, 15) is 9.59 Å². The van der Waals surface area contributed by atoms with Crippen LogP contribution in [0.1, 0.15) is 32.1 Å². The number of nitrogens with zero attached hydrogens (tertiary/aromatic N) is 4. The normalized spacial score (nSPS) is 25.7. The fourth-order valence-electron chi connectivity index (χ4n) is 5.57. The Hall–Kier alpha value is -2.34. The molecule has 1 aromatic heterocycles. The Morgan fingerprint density at radius 2 is 1.83 bits per heavy atom. The van der Waals surface area contributed by atoms with Crippen molar-refractivity contribution in [2.24, 2.45) is 17.8 Å². The quantitative estimate of drug-likeness (QED) is 0.752. The SMILES string of the molecule is O=C(C[C@H]1C[C@H]2CC[C@@H]1C2)N1CCN(c2cnn(-c3ccccc3)c(=O)c2Cl)CC1. The van der Waals surface area contributed by atoms with Crippen molar-refractivity contribution < 1.29 is 4.79 Å². The molecule has 2 aromatic rings. The molecule has 0 unspecified atom stereocenters. The third-order valence-electron chi connectivity index (χ3n) is 7.20. The van der Waals surface area contributed by atoms with Crippen LogP contribution in [0, 0.1) is 17.8 Å². The van der Waals surface area contributed by atoms with E-state index in [0.29, 0.717) is 49.9 Å². The lowest BCUT2D eigenvalue weighted by atomic mass is 9.86. The van der Waals surface area contributed by atoms with Crippen LogP contribution in [-0.2, 0) is 4.79 Å². The smallest absolute Gasteiger partial charge is 0.292 e. The standard InChI is InChI=1S/C23H27ClN4O2/c24-22-20(15-25-28(23(22)30)19-4-2-1-3-5-19)26-8-10-27(11-9-26)21(29)14-18-13-16-6-7-17(18)12-16/h1-5,15-18H,6-14H2/t16-,17+,18+/m0/s1. The molecule has 1 amide bonds. The number of carbonyl (C=O) groups excluding carboxylic acids is 1. The molecule has 2 saturated carbocycles. The molecular weight excluding hydrogens is 400 g/mol. The van der Waals surface area contributed by atoms with Gasteiger partial charge in [0, 0.05) is 32.6 Å². The van der Waals surface area contributed by atoms with Gasteiger partial charge in [-0.05, 0) is 49.1 Å². The van der Waals surface area contributed by atoms with Gasteiger partial charge in [0.05, 0.1) is 17.6 Å². The van der Waals surface area contributed by atoms with Crippen molar-refractivity contribution in [3.63, 3.8) is 0 Å². The molecule has 2 heterocycles. The molecule has 3 aliphatic rings. The number of aromatic nitrogens is 2. The fraction of sp³-hybridized carbons (Fsp3) is 0.522. The van der Waals surface area contributed by atoms with Crippen LogP contribution < -0.4 is 10.5 Å². The van der Waals surface area contributed by atoms with Crippen molar-refractivity contribution in [2.45, 2.75) is 32.1 Å². The molecule has 0 radical (unpaired) electrons. The van der Waals surface area contributed by atoms with Gasteiger partial charge in [0.2, 0.25) is 5.91 Å². The van der Waals surface area contributed by atoms with Crippen LogP contribution >= 0.6 is 11.6 Å². The van der Waals surface area contributed by atoms with E-state index < -0.39 is 0 Å². The Bertz CT molecular complexity index is 984. The van der Waals surface area contributed by atoms with Gasteiger partial charge >= 0.3 is 0 Å². The number of halogens is 1. The molecule has 30 heavy (non-hydrogen) atoms. The van der Waals surface area contributed by atoms with Gasteiger partial charge in [-0.3, -0.25) is 9.59 Å². The average molecular weight is 427 g/mol. The molecule has 6 nitrogen and oxygen atoms in total. The Morgan fingerprint density at radius 3 is 2.50 bits per heavy atom. The number of fused-ring (bicyclic) bond motifs is 2. The monoisotopic (exact) mass is 426 g/mol. The highest BCUT2D eigenvalue weighted by atomic mass is 35.5. The zero-order valence-corrected chi connectivity index (χ0v) is 17.8. The first-order valence-electron chi connectivity index (χ1n) is 11.0. The zero-order chi connectivity index (χ0) is 20.7. The van der Waals surface area contributed by atoms with Gasteiger partial charge in [-0.2, -0.15) is 9.78 Å². The van der Waals surface area contributed by atoms with Crippen molar-refractivity contribution >= 4 is 23.2 Å². The Morgan fingerprint density at radius 1 is 1.07 bits per heavy atom. The van der Waals surface area contributed by atoms with E-state index in [1.807, 2.05) is 35.2 Å². The van der Waals surface area contributed by atoms with Crippen LogP contribution in [0.5, 0.6) is 0 Å². The lowest BCUT2D eigenvalue weighted by Gasteiger charge is -2.37. The highest BCUT2D eigenvalue weighted by Crippen LogP contribution is 2.49.